The number of carbonyl (C=O) groups is 2. The van der Waals surface area contributed by atoms with Crippen LogP contribution in [0.15, 0.2) is 42.5 Å². The van der Waals surface area contributed by atoms with E-state index in [4.69, 9.17) is 14.5 Å². The minimum atomic E-state index is -1.03. The average molecular weight is 553 g/mol. The van der Waals surface area contributed by atoms with Crippen LogP contribution in [0.5, 0.6) is 0 Å². The number of carbonyl (C=O) groups excluding carboxylic acids is 1. The predicted molar refractivity (Wildman–Crippen MR) is 155 cm³/mol. The number of hydrogen-bond donors (Lipinski definition) is 3. The van der Waals surface area contributed by atoms with Gasteiger partial charge in [-0.05, 0) is 76.1 Å². The Bertz CT molecular complexity index is 1110. The molecule has 218 valence electrons. The largest absolute Gasteiger partial charge is 0.480 e. The molecule has 0 radical (unpaired) electrons. The van der Waals surface area contributed by atoms with Crippen LogP contribution in [0.25, 0.3) is 0 Å². The van der Waals surface area contributed by atoms with Gasteiger partial charge in [-0.15, -0.1) is 0 Å². The summed E-state index contributed by atoms with van der Waals surface area (Å²) in [4.78, 5) is 32.5. The smallest absolute Gasteiger partial charge is 0.326 e. The van der Waals surface area contributed by atoms with Crippen molar-refractivity contribution in [3.63, 3.8) is 0 Å². The van der Waals surface area contributed by atoms with Gasteiger partial charge >= 0.3 is 5.97 Å². The first-order valence-corrected chi connectivity index (χ1v) is 14.6. The molecular weight excluding hydrogens is 508 g/mol. The van der Waals surface area contributed by atoms with Crippen LogP contribution >= 0.6 is 0 Å². The standard InChI is InChI=1S/C31H44N4O5/c1-23(2)40-20-19-35(17-7-6-12-26-14-13-24-9-8-16-32-28(24)33-26)18-15-27(29(36)37)34-30(38)31(21-39-22-31)25-10-4-3-5-11-25/h3-5,10-11,13-14,23,27H,6-9,12,15-22H2,1-2H3,(H,32,33)(H,34,38)(H,36,37). The predicted octanol–water partition coefficient (Wildman–Crippen LogP) is 3.42. The molecular formula is C31H44N4O5. The second-order valence-corrected chi connectivity index (χ2v) is 11.2. The Balaban J connectivity index is 1.30. The highest BCUT2D eigenvalue weighted by Gasteiger charge is 2.48. The van der Waals surface area contributed by atoms with E-state index in [2.05, 4.69) is 27.7 Å². The van der Waals surface area contributed by atoms with E-state index in [-0.39, 0.29) is 25.2 Å². The van der Waals surface area contributed by atoms with Crippen LogP contribution in [0.4, 0.5) is 5.82 Å². The minimum absolute atomic E-state index is 0.135. The van der Waals surface area contributed by atoms with Crippen LogP contribution in [0.2, 0.25) is 0 Å². The van der Waals surface area contributed by atoms with E-state index >= 15 is 0 Å². The van der Waals surface area contributed by atoms with Gasteiger partial charge in [-0.25, -0.2) is 9.78 Å². The monoisotopic (exact) mass is 552 g/mol. The summed E-state index contributed by atoms with van der Waals surface area (Å²) in [6.07, 6.45) is 5.55. The quantitative estimate of drug-likeness (QED) is 0.272. The fourth-order valence-corrected chi connectivity index (χ4v) is 5.26. The van der Waals surface area contributed by atoms with Crippen LogP contribution in [0, 0.1) is 0 Å². The molecule has 2 aliphatic rings. The van der Waals surface area contributed by atoms with Gasteiger partial charge in [0.1, 0.15) is 17.3 Å². The van der Waals surface area contributed by atoms with Crippen molar-refractivity contribution in [1.82, 2.24) is 15.2 Å². The number of benzene rings is 1. The molecule has 0 aliphatic carbocycles. The number of rotatable bonds is 16. The average Bonchev–Trinajstić information content (AvgIpc) is 2.92. The molecule has 3 N–H and O–H groups in total. The lowest BCUT2D eigenvalue weighted by Gasteiger charge is -2.41. The molecule has 1 fully saturated rings. The first-order chi connectivity index (χ1) is 19.4. The second-order valence-electron chi connectivity index (χ2n) is 11.2. The zero-order chi connectivity index (χ0) is 28.4. The van der Waals surface area contributed by atoms with E-state index < -0.39 is 17.4 Å². The maximum Gasteiger partial charge on any atom is 0.326 e. The number of carboxylic acid groups (broad SMARTS) is 1. The Morgan fingerprint density at radius 3 is 2.62 bits per heavy atom. The topological polar surface area (TPSA) is 113 Å². The molecule has 1 unspecified atom stereocenters. The summed E-state index contributed by atoms with van der Waals surface area (Å²) < 4.78 is 11.2. The summed E-state index contributed by atoms with van der Waals surface area (Å²) in [6.45, 7) is 8.17. The fourth-order valence-electron chi connectivity index (χ4n) is 5.26. The van der Waals surface area contributed by atoms with Gasteiger partial charge in [-0.1, -0.05) is 36.4 Å². The minimum Gasteiger partial charge on any atom is -0.480 e. The molecule has 0 spiro atoms. The van der Waals surface area contributed by atoms with E-state index in [1.54, 1.807) is 0 Å². The molecule has 1 aromatic heterocycles. The number of anilines is 1. The van der Waals surface area contributed by atoms with Gasteiger partial charge < -0.3 is 30.1 Å². The normalized spacial score (nSPS) is 16.6. The third-order valence-corrected chi connectivity index (χ3v) is 7.76. The number of carboxylic acids is 1. The Hall–Kier alpha value is -3.01. The molecule has 0 bridgehead atoms. The summed E-state index contributed by atoms with van der Waals surface area (Å²) in [5, 5.41) is 16.1. The van der Waals surface area contributed by atoms with E-state index in [9.17, 15) is 14.7 Å². The molecule has 40 heavy (non-hydrogen) atoms. The zero-order valence-electron chi connectivity index (χ0n) is 23.9. The van der Waals surface area contributed by atoms with E-state index in [1.165, 1.54) is 5.56 Å². The van der Waals surface area contributed by atoms with Crippen molar-refractivity contribution >= 4 is 17.7 Å². The highest BCUT2D eigenvalue weighted by Crippen LogP contribution is 2.32. The van der Waals surface area contributed by atoms with Crippen molar-refractivity contribution in [2.45, 2.75) is 69.9 Å². The summed E-state index contributed by atoms with van der Waals surface area (Å²) in [6, 6.07) is 12.8. The number of pyridine rings is 1. The highest BCUT2D eigenvalue weighted by atomic mass is 16.5. The maximum absolute atomic E-state index is 13.3. The summed E-state index contributed by atoms with van der Waals surface area (Å²) in [5.74, 6) is -0.290. The SMILES string of the molecule is CC(C)OCCN(CCCCc1ccc2c(n1)NCCC2)CCC(NC(=O)C1(c2ccccc2)COC1)C(=O)O. The molecule has 3 heterocycles. The molecule has 1 saturated heterocycles. The zero-order valence-corrected chi connectivity index (χ0v) is 23.9. The van der Waals surface area contributed by atoms with Crippen molar-refractivity contribution in [2.24, 2.45) is 0 Å². The highest BCUT2D eigenvalue weighted by molar-refractivity contribution is 5.92. The van der Waals surface area contributed by atoms with Gasteiger partial charge in [-0.3, -0.25) is 4.79 Å². The molecule has 2 aromatic rings. The van der Waals surface area contributed by atoms with Crippen molar-refractivity contribution in [3.8, 4) is 0 Å². The van der Waals surface area contributed by atoms with Gasteiger partial charge in [0, 0.05) is 25.3 Å². The number of ether oxygens (including phenoxy) is 2. The molecule has 4 rings (SSSR count). The van der Waals surface area contributed by atoms with Crippen LogP contribution < -0.4 is 10.6 Å². The number of aliphatic carboxylic acids is 1. The summed E-state index contributed by atoms with van der Waals surface area (Å²) in [5.41, 5.74) is 2.41. The molecule has 9 heteroatoms. The number of amides is 1. The van der Waals surface area contributed by atoms with Crippen molar-refractivity contribution in [2.75, 3.05) is 51.3 Å². The van der Waals surface area contributed by atoms with Crippen LogP contribution in [0.3, 0.4) is 0 Å². The van der Waals surface area contributed by atoms with Gasteiger partial charge in [0.25, 0.3) is 0 Å². The fraction of sp³-hybridized carbons (Fsp3) is 0.581. The summed E-state index contributed by atoms with van der Waals surface area (Å²) in [7, 11) is 0. The molecule has 0 saturated carbocycles. The Morgan fingerprint density at radius 2 is 1.93 bits per heavy atom. The van der Waals surface area contributed by atoms with E-state index in [0.29, 0.717) is 26.1 Å². The van der Waals surface area contributed by atoms with E-state index in [0.717, 1.165) is 62.3 Å². The second kappa shape index (κ2) is 14.6. The third-order valence-electron chi connectivity index (χ3n) is 7.76. The van der Waals surface area contributed by atoms with Crippen LogP contribution in [-0.4, -0.2) is 85.0 Å². The lowest BCUT2D eigenvalue weighted by atomic mass is 9.77. The lowest BCUT2D eigenvalue weighted by Crippen LogP contribution is -2.60. The number of aryl methyl sites for hydroxylation is 2. The summed E-state index contributed by atoms with van der Waals surface area (Å²) >= 11 is 0. The van der Waals surface area contributed by atoms with Crippen molar-refractivity contribution in [1.29, 1.82) is 0 Å². The maximum atomic E-state index is 13.3. The molecule has 1 aromatic carbocycles. The van der Waals surface area contributed by atoms with Crippen LogP contribution in [-0.2, 0) is 37.3 Å². The van der Waals surface area contributed by atoms with Gasteiger partial charge in [0.2, 0.25) is 5.91 Å². The first-order valence-electron chi connectivity index (χ1n) is 14.6. The Kier molecular flexibility index (Phi) is 10.9. The number of aromatic nitrogens is 1. The Morgan fingerprint density at radius 1 is 1.12 bits per heavy atom. The number of nitrogens with zero attached hydrogens (tertiary/aromatic N) is 2. The first kappa shape index (κ1) is 30.0. The van der Waals surface area contributed by atoms with E-state index in [1.807, 2.05) is 44.2 Å². The molecule has 2 aliphatic heterocycles. The van der Waals surface area contributed by atoms with Crippen molar-refractivity contribution in [3.05, 3.63) is 59.3 Å². The van der Waals surface area contributed by atoms with Gasteiger partial charge in [-0.2, -0.15) is 0 Å². The number of hydrogen-bond acceptors (Lipinski definition) is 7. The lowest BCUT2D eigenvalue weighted by molar-refractivity contribution is -0.151. The van der Waals surface area contributed by atoms with Gasteiger partial charge in [0.05, 0.1) is 25.9 Å². The molecule has 9 nitrogen and oxygen atoms in total. The van der Waals surface area contributed by atoms with Crippen molar-refractivity contribution < 1.29 is 24.2 Å². The van der Waals surface area contributed by atoms with Gasteiger partial charge in [0.15, 0.2) is 0 Å². The number of unbranched alkanes of at least 4 members (excludes halogenated alkanes) is 1. The third kappa shape index (κ3) is 8.02. The van der Waals surface area contributed by atoms with Crippen LogP contribution in [0.1, 0.15) is 56.4 Å². The molecule has 1 amide bonds. The number of fused-ring (bicyclic) bond motifs is 1. The Labute approximate surface area is 237 Å². The number of nitrogens with one attached hydrogen (secondary N) is 2. The molecule has 1 atom stereocenters.